The minimum atomic E-state index is -2.93. The fraction of sp³-hybridized carbons (Fsp3) is 0.778. The molecule has 11 heteroatoms. The number of carbonyl (C=O) groups excluding carboxylic acids is 2. The van der Waals surface area contributed by atoms with Gasteiger partial charge in [-0.1, -0.05) is 31.0 Å². The molecular formula is C18H29N5O4S2. The third kappa shape index (κ3) is 6.18. The van der Waals surface area contributed by atoms with Crippen molar-refractivity contribution in [3.05, 3.63) is 5.82 Å². The highest BCUT2D eigenvalue weighted by Gasteiger charge is 2.30. The quantitative estimate of drug-likeness (QED) is 0.638. The molecule has 1 saturated carbocycles. The van der Waals surface area contributed by atoms with Gasteiger partial charge in [-0.3, -0.25) is 10.1 Å². The van der Waals surface area contributed by atoms with Gasteiger partial charge in [-0.05, 0) is 32.1 Å². The fourth-order valence-corrected chi connectivity index (χ4v) is 6.51. The number of rotatable bonds is 6. The smallest absolute Gasteiger partial charge is 0.321 e. The highest BCUT2D eigenvalue weighted by molar-refractivity contribution is 8.00. The van der Waals surface area contributed by atoms with Crippen LogP contribution >= 0.6 is 11.8 Å². The number of hydrogen-bond acceptors (Lipinski definition) is 7. The van der Waals surface area contributed by atoms with Gasteiger partial charge in [0.2, 0.25) is 5.91 Å². The Labute approximate surface area is 175 Å². The van der Waals surface area contributed by atoms with Gasteiger partial charge in [0.05, 0.1) is 16.8 Å². The molecule has 1 aromatic rings. The van der Waals surface area contributed by atoms with E-state index in [1.54, 1.807) is 11.5 Å². The molecule has 1 aliphatic heterocycles. The van der Waals surface area contributed by atoms with Crippen molar-refractivity contribution in [1.29, 1.82) is 0 Å². The number of sulfone groups is 1. The molecule has 0 aromatic carbocycles. The monoisotopic (exact) mass is 443 g/mol. The van der Waals surface area contributed by atoms with Crippen molar-refractivity contribution in [3.8, 4) is 0 Å². The normalized spacial score (nSPS) is 22.9. The first kappa shape index (κ1) is 22.1. The van der Waals surface area contributed by atoms with Crippen LogP contribution in [0.1, 0.15) is 51.3 Å². The lowest BCUT2D eigenvalue weighted by Crippen LogP contribution is -2.47. The first-order valence-corrected chi connectivity index (χ1v) is 12.8. The van der Waals surface area contributed by atoms with E-state index in [0.29, 0.717) is 23.8 Å². The van der Waals surface area contributed by atoms with E-state index in [4.69, 9.17) is 0 Å². The number of nitrogens with zero attached hydrogens (tertiary/aromatic N) is 3. The van der Waals surface area contributed by atoms with Crippen LogP contribution < -0.4 is 10.6 Å². The molecule has 2 atom stereocenters. The van der Waals surface area contributed by atoms with E-state index in [-0.39, 0.29) is 29.4 Å². The minimum absolute atomic E-state index is 0.0601. The lowest BCUT2D eigenvalue weighted by atomic mass is 9.96. The lowest BCUT2D eigenvalue weighted by molar-refractivity contribution is -0.119. The maximum absolute atomic E-state index is 12.4. The van der Waals surface area contributed by atoms with Crippen LogP contribution in [0.15, 0.2) is 5.16 Å². The third-order valence-corrected chi connectivity index (χ3v) is 8.52. The van der Waals surface area contributed by atoms with Crippen molar-refractivity contribution in [2.45, 2.75) is 68.3 Å². The van der Waals surface area contributed by atoms with Crippen molar-refractivity contribution in [2.75, 3.05) is 11.5 Å². The van der Waals surface area contributed by atoms with Gasteiger partial charge in [0, 0.05) is 19.5 Å². The summed E-state index contributed by atoms with van der Waals surface area (Å²) in [6.45, 7) is 1.71. The predicted molar refractivity (Wildman–Crippen MR) is 110 cm³/mol. The van der Waals surface area contributed by atoms with E-state index in [1.165, 1.54) is 18.2 Å². The standard InChI is InChI=1S/C18H29N5O4S2/c1-12(16(24)20-17(25)19-14-6-4-3-5-7-14)28-18-22-21-15(23(18)2)10-13-8-9-29(26,27)11-13/h12-14H,3-11H2,1-2H3,(H2,19,20,24,25). The van der Waals surface area contributed by atoms with E-state index in [1.807, 2.05) is 7.05 Å². The molecule has 3 rings (SSSR count). The van der Waals surface area contributed by atoms with Crippen molar-refractivity contribution >= 4 is 33.5 Å². The predicted octanol–water partition coefficient (Wildman–Crippen LogP) is 1.43. The van der Waals surface area contributed by atoms with E-state index < -0.39 is 21.1 Å². The average Bonchev–Trinajstić information content (AvgIpc) is 3.18. The molecule has 29 heavy (non-hydrogen) atoms. The van der Waals surface area contributed by atoms with E-state index in [9.17, 15) is 18.0 Å². The van der Waals surface area contributed by atoms with Crippen LogP contribution in [-0.2, 0) is 28.1 Å². The summed E-state index contributed by atoms with van der Waals surface area (Å²) in [4.78, 5) is 24.4. The first-order valence-electron chi connectivity index (χ1n) is 10.1. The Kier molecular flexibility index (Phi) is 7.20. The lowest BCUT2D eigenvalue weighted by Gasteiger charge is -2.23. The van der Waals surface area contributed by atoms with Crippen molar-refractivity contribution in [3.63, 3.8) is 0 Å². The Bertz CT molecular complexity index is 848. The maximum atomic E-state index is 12.4. The highest BCUT2D eigenvalue weighted by atomic mass is 32.2. The second kappa shape index (κ2) is 9.46. The number of aromatic nitrogens is 3. The number of hydrogen-bond donors (Lipinski definition) is 2. The summed E-state index contributed by atoms with van der Waals surface area (Å²) in [5.74, 6) is 0.811. The molecule has 0 spiro atoms. The van der Waals surface area contributed by atoms with Crippen LogP contribution in [0.2, 0.25) is 0 Å². The molecule has 9 nitrogen and oxygen atoms in total. The average molecular weight is 444 g/mol. The van der Waals surface area contributed by atoms with Crippen LogP contribution in [0.3, 0.4) is 0 Å². The number of imide groups is 1. The molecule has 2 unspecified atom stereocenters. The van der Waals surface area contributed by atoms with Gasteiger partial charge in [0.25, 0.3) is 0 Å². The summed E-state index contributed by atoms with van der Waals surface area (Å²) in [7, 11) is -1.12. The SMILES string of the molecule is CC(Sc1nnc(CC2CCS(=O)(=O)C2)n1C)C(=O)NC(=O)NC1CCCCC1. The molecule has 0 radical (unpaired) electrons. The summed E-state index contributed by atoms with van der Waals surface area (Å²) >= 11 is 1.22. The molecule has 2 aliphatic rings. The molecule has 1 aliphatic carbocycles. The second-order valence-electron chi connectivity index (χ2n) is 7.99. The molecule has 0 bridgehead atoms. The molecule has 162 valence electrons. The zero-order valence-electron chi connectivity index (χ0n) is 16.9. The summed E-state index contributed by atoms with van der Waals surface area (Å²) in [6.07, 6.45) is 6.51. The van der Waals surface area contributed by atoms with Crippen LogP contribution in [-0.4, -0.2) is 57.9 Å². The van der Waals surface area contributed by atoms with Gasteiger partial charge in [0.15, 0.2) is 15.0 Å². The third-order valence-electron chi connectivity index (χ3n) is 5.55. The molecule has 2 heterocycles. The number of urea groups is 1. The summed E-state index contributed by atoms with van der Waals surface area (Å²) in [5.41, 5.74) is 0. The Hall–Kier alpha value is -1.62. The number of thioether (sulfide) groups is 1. The van der Waals surface area contributed by atoms with Gasteiger partial charge in [-0.15, -0.1) is 10.2 Å². The molecule has 2 fully saturated rings. The molecule has 1 saturated heterocycles. The van der Waals surface area contributed by atoms with Gasteiger partial charge in [-0.25, -0.2) is 13.2 Å². The summed E-state index contributed by atoms with van der Waals surface area (Å²) in [6, 6.07) is -0.310. The number of nitrogens with one attached hydrogen (secondary N) is 2. The highest BCUT2D eigenvalue weighted by Crippen LogP contribution is 2.25. The molecular weight excluding hydrogens is 414 g/mol. The van der Waals surface area contributed by atoms with E-state index >= 15 is 0 Å². The Balaban J connectivity index is 1.49. The van der Waals surface area contributed by atoms with Crippen LogP contribution in [0, 0.1) is 5.92 Å². The zero-order valence-corrected chi connectivity index (χ0v) is 18.5. The van der Waals surface area contributed by atoms with Gasteiger partial charge < -0.3 is 9.88 Å². The van der Waals surface area contributed by atoms with Gasteiger partial charge in [0.1, 0.15) is 5.82 Å². The molecule has 2 N–H and O–H groups in total. The second-order valence-corrected chi connectivity index (χ2v) is 11.5. The molecule has 3 amide bonds. The molecule has 1 aromatic heterocycles. The Morgan fingerprint density at radius 3 is 2.59 bits per heavy atom. The summed E-state index contributed by atoms with van der Waals surface area (Å²) < 4.78 is 25.1. The topological polar surface area (TPSA) is 123 Å². The van der Waals surface area contributed by atoms with Crippen molar-refractivity contribution in [2.24, 2.45) is 13.0 Å². The van der Waals surface area contributed by atoms with Crippen molar-refractivity contribution < 1.29 is 18.0 Å². The number of carbonyl (C=O) groups is 2. The fourth-order valence-electron chi connectivity index (χ4n) is 3.81. The summed E-state index contributed by atoms with van der Waals surface area (Å²) in [5, 5.41) is 13.6. The van der Waals surface area contributed by atoms with Crippen LogP contribution in [0.25, 0.3) is 0 Å². The first-order chi connectivity index (χ1) is 13.7. The largest absolute Gasteiger partial charge is 0.335 e. The van der Waals surface area contributed by atoms with E-state index in [2.05, 4.69) is 20.8 Å². The van der Waals surface area contributed by atoms with E-state index in [0.717, 1.165) is 25.7 Å². The Morgan fingerprint density at radius 2 is 1.93 bits per heavy atom. The van der Waals surface area contributed by atoms with Crippen LogP contribution in [0.5, 0.6) is 0 Å². The van der Waals surface area contributed by atoms with Crippen LogP contribution in [0.4, 0.5) is 4.79 Å². The zero-order chi connectivity index (χ0) is 21.0. The number of amides is 3. The Morgan fingerprint density at radius 1 is 1.21 bits per heavy atom. The maximum Gasteiger partial charge on any atom is 0.321 e. The van der Waals surface area contributed by atoms with Gasteiger partial charge in [-0.2, -0.15) is 0 Å². The van der Waals surface area contributed by atoms with Crippen molar-refractivity contribution in [1.82, 2.24) is 25.4 Å². The van der Waals surface area contributed by atoms with Gasteiger partial charge >= 0.3 is 6.03 Å². The minimum Gasteiger partial charge on any atom is -0.335 e.